The second-order valence-electron chi connectivity index (χ2n) is 8.37. The highest BCUT2D eigenvalue weighted by molar-refractivity contribution is 6.03. The zero-order chi connectivity index (χ0) is 25.5. The van der Waals surface area contributed by atoms with Crippen molar-refractivity contribution in [2.24, 2.45) is 11.0 Å². The Morgan fingerprint density at radius 2 is 1.81 bits per heavy atom. The highest BCUT2D eigenvalue weighted by Gasteiger charge is 2.40. The van der Waals surface area contributed by atoms with E-state index in [9.17, 15) is 14.4 Å². The molecule has 0 radical (unpaired) electrons. The van der Waals surface area contributed by atoms with Crippen LogP contribution in [0, 0.1) is 12.8 Å². The molecule has 1 fully saturated rings. The number of aryl methyl sites for hydroxylation is 1. The Bertz CT molecular complexity index is 1270. The average molecular weight is 486 g/mol. The Kier molecular flexibility index (Phi) is 7.75. The molecule has 0 saturated carbocycles. The van der Waals surface area contributed by atoms with E-state index in [4.69, 9.17) is 9.47 Å². The maximum absolute atomic E-state index is 12.8. The first-order valence-electron chi connectivity index (χ1n) is 11.7. The molecule has 1 aliphatic heterocycles. The number of amides is 2. The first kappa shape index (κ1) is 24.7. The number of nitrogens with zero attached hydrogens (tertiary/aromatic N) is 1. The van der Waals surface area contributed by atoms with Crippen LogP contribution in [0.3, 0.4) is 0 Å². The van der Waals surface area contributed by atoms with E-state index in [1.54, 1.807) is 30.3 Å². The zero-order valence-corrected chi connectivity index (χ0v) is 20.1. The summed E-state index contributed by atoms with van der Waals surface area (Å²) in [7, 11) is 0. The van der Waals surface area contributed by atoms with Crippen molar-refractivity contribution in [3.05, 3.63) is 95.1 Å². The van der Waals surface area contributed by atoms with E-state index in [1.807, 2.05) is 56.3 Å². The molecule has 2 N–H and O–H groups in total. The molecule has 36 heavy (non-hydrogen) atoms. The Morgan fingerprint density at radius 3 is 2.53 bits per heavy atom. The normalized spacial score (nSPS) is 17.0. The van der Waals surface area contributed by atoms with Gasteiger partial charge in [-0.1, -0.05) is 48.0 Å². The SMILES string of the molecule is CCOc1cc(C=NNC(=O)[C@@H]2C(=O)NC[C@H]2c2ccccc2)ccc1OC(=O)c1ccc(C)cc1. The van der Waals surface area contributed by atoms with E-state index in [-0.39, 0.29) is 17.6 Å². The lowest BCUT2D eigenvalue weighted by Crippen LogP contribution is -2.34. The van der Waals surface area contributed by atoms with Crippen LogP contribution in [-0.4, -0.2) is 37.1 Å². The van der Waals surface area contributed by atoms with Crippen LogP contribution < -0.4 is 20.2 Å². The molecule has 1 heterocycles. The lowest BCUT2D eigenvalue weighted by molar-refractivity contribution is -0.133. The number of carbonyl (C=O) groups excluding carboxylic acids is 3. The predicted octanol–water partition coefficient (Wildman–Crippen LogP) is 3.59. The summed E-state index contributed by atoms with van der Waals surface area (Å²) >= 11 is 0. The van der Waals surface area contributed by atoms with Gasteiger partial charge in [0.2, 0.25) is 5.91 Å². The van der Waals surface area contributed by atoms with Crippen molar-refractivity contribution in [1.82, 2.24) is 10.7 Å². The molecular formula is C28H27N3O5. The van der Waals surface area contributed by atoms with Gasteiger partial charge in [0.15, 0.2) is 11.5 Å². The summed E-state index contributed by atoms with van der Waals surface area (Å²) in [5.74, 6) is -1.79. The molecule has 0 unspecified atom stereocenters. The maximum atomic E-state index is 12.8. The molecule has 2 atom stereocenters. The highest BCUT2D eigenvalue weighted by Crippen LogP contribution is 2.30. The van der Waals surface area contributed by atoms with E-state index in [0.717, 1.165) is 11.1 Å². The Hall–Kier alpha value is -4.46. The van der Waals surface area contributed by atoms with Gasteiger partial charge >= 0.3 is 5.97 Å². The molecule has 1 aliphatic rings. The third kappa shape index (κ3) is 5.78. The number of rotatable bonds is 8. The molecule has 0 aromatic heterocycles. The quantitative estimate of drug-likeness (QED) is 0.167. The van der Waals surface area contributed by atoms with Crippen molar-refractivity contribution in [1.29, 1.82) is 0 Å². The molecule has 0 aliphatic carbocycles. The van der Waals surface area contributed by atoms with Crippen LogP contribution in [0.25, 0.3) is 0 Å². The third-order valence-electron chi connectivity index (χ3n) is 5.84. The number of ether oxygens (including phenoxy) is 2. The zero-order valence-electron chi connectivity index (χ0n) is 20.1. The molecule has 2 amide bonds. The number of carbonyl (C=O) groups is 3. The third-order valence-corrected chi connectivity index (χ3v) is 5.84. The fraction of sp³-hybridized carbons (Fsp3) is 0.214. The minimum atomic E-state index is -0.868. The van der Waals surface area contributed by atoms with Gasteiger partial charge in [-0.3, -0.25) is 9.59 Å². The van der Waals surface area contributed by atoms with Crippen LogP contribution in [0.1, 0.15) is 39.9 Å². The molecular weight excluding hydrogens is 458 g/mol. The number of hydrogen-bond donors (Lipinski definition) is 2. The van der Waals surface area contributed by atoms with Gasteiger partial charge in [-0.25, -0.2) is 10.2 Å². The van der Waals surface area contributed by atoms with Crippen molar-refractivity contribution in [3.8, 4) is 11.5 Å². The van der Waals surface area contributed by atoms with Crippen LogP contribution >= 0.6 is 0 Å². The van der Waals surface area contributed by atoms with Crippen LogP contribution in [0.2, 0.25) is 0 Å². The van der Waals surface area contributed by atoms with Gasteiger partial charge in [-0.05, 0) is 55.3 Å². The van der Waals surface area contributed by atoms with Gasteiger partial charge in [-0.2, -0.15) is 5.10 Å². The van der Waals surface area contributed by atoms with Crippen molar-refractivity contribution < 1.29 is 23.9 Å². The van der Waals surface area contributed by atoms with E-state index >= 15 is 0 Å². The monoisotopic (exact) mass is 485 g/mol. The second kappa shape index (κ2) is 11.3. The summed E-state index contributed by atoms with van der Waals surface area (Å²) in [5.41, 5.74) is 5.47. The Labute approximate surface area is 209 Å². The van der Waals surface area contributed by atoms with Crippen molar-refractivity contribution >= 4 is 24.0 Å². The van der Waals surface area contributed by atoms with Gasteiger partial charge in [0.25, 0.3) is 5.91 Å². The summed E-state index contributed by atoms with van der Waals surface area (Å²) in [6.45, 7) is 4.52. The molecule has 8 heteroatoms. The first-order chi connectivity index (χ1) is 17.5. The van der Waals surface area contributed by atoms with Gasteiger partial charge in [0.1, 0.15) is 5.92 Å². The smallest absolute Gasteiger partial charge is 0.343 e. The van der Waals surface area contributed by atoms with Gasteiger partial charge in [-0.15, -0.1) is 0 Å². The second-order valence-corrected chi connectivity index (χ2v) is 8.37. The number of benzene rings is 3. The minimum absolute atomic E-state index is 0.263. The van der Waals surface area contributed by atoms with Crippen LogP contribution in [0.4, 0.5) is 0 Å². The van der Waals surface area contributed by atoms with Gasteiger partial charge in [0, 0.05) is 12.5 Å². The summed E-state index contributed by atoms with van der Waals surface area (Å²) < 4.78 is 11.2. The molecule has 184 valence electrons. The minimum Gasteiger partial charge on any atom is -0.490 e. The van der Waals surface area contributed by atoms with E-state index in [0.29, 0.717) is 30.0 Å². The van der Waals surface area contributed by atoms with Gasteiger partial charge in [0.05, 0.1) is 18.4 Å². The molecule has 4 rings (SSSR count). The fourth-order valence-corrected chi connectivity index (χ4v) is 3.98. The van der Waals surface area contributed by atoms with E-state index < -0.39 is 17.8 Å². The number of hydrazone groups is 1. The molecule has 8 nitrogen and oxygen atoms in total. The van der Waals surface area contributed by atoms with Gasteiger partial charge < -0.3 is 14.8 Å². The first-order valence-corrected chi connectivity index (χ1v) is 11.7. The number of esters is 1. The molecule has 0 spiro atoms. The van der Waals surface area contributed by atoms with E-state index in [2.05, 4.69) is 15.8 Å². The highest BCUT2D eigenvalue weighted by atomic mass is 16.6. The number of hydrogen-bond acceptors (Lipinski definition) is 6. The standard InChI is InChI=1S/C28H27N3O5/c1-3-35-24-15-19(11-14-23(24)36-28(34)21-12-9-18(2)10-13-21)16-30-31-27(33)25-22(17-29-26(25)32)20-7-5-4-6-8-20/h4-16,22,25H,3,17H2,1-2H3,(H,29,32)(H,31,33)/t22-,25-/m0/s1. The van der Waals surface area contributed by atoms with E-state index in [1.165, 1.54) is 6.21 Å². The molecule has 3 aromatic carbocycles. The summed E-state index contributed by atoms with van der Waals surface area (Å²) in [4.78, 5) is 37.6. The lowest BCUT2D eigenvalue weighted by atomic mass is 9.88. The van der Waals surface area contributed by atoms with Crippen LogP contribution in [-0.2, 0) is 9.59 Å². The molecule has 0 bridgehead atoms. The van der Waals surface area contributed by atoms with Crippen molar-refractivity contribution in [2.75, 3.05) is 13.2 Å². The number of nitrogens with one attached hydrogen (secondary N) is 2. The van der Waals surface area contributed by atoms with Crippen LogP contribution in [0.5, 0.6) is 11.5 Å². The molecule has 3 aromatic rings. The molecule has 1 saturated heterocycles. The largest absolute Gasteiger partial charge is 0.490 e. The predicted molar refractivity (Wildman–Crippen MR) is 135 cm³/mol. The lowest BCUT2D eigenvalue weighted by Gasteiger charge is -2.15. The maximum Gasteiger partial charge on any atom is 0.343 e. The Balaban J connectivity index is 1.43. The topological polar surface area (TPSA) is 106 Å². The summed E-state index contributed by atoms with van der Waals surface area (Å²) in [6, 6.07) is 21.5. The van der Waals surface area contributed by atoms with Crippen molar-refractivity contribution in [3.63, 3.8) is 0 Å². The van der Waals surface area contributed by atoms with Crippen molar-refractivity contribution in [2.45, 2.75) is 19.8 Å². The fourth-order valence-electron chi connectivity index (χ4n) is 3.98. The van der Waals surface area contributed by atoms with Crippen LogP contribution in [0.15, 0.2) is 77.9 Å². The average Bonchev–Trinajstić information content (AvgIpc) is 3.28. The Morgan fingerprint density at radius 1 is 1.06 bits per heavy atom. The summed E-state index contributed by atoms with van der Waals surface area (Å²) in [6.07, 6.45) is 1.44. The summed E-state index contributed by atoms with van der Waals surface area (Å²) in [5, 5.41) is 6.78.